The van der Waals surface area contributed by atoms with Crippen LogP contribution in [-0.2, 0) is 6.42 Å². The summed E-state index contributed by atoms with van der Waals surface area (Å²) in [7, 11) is 2.09. The molecule has 4 aliphatic rings. The van der Waals surface area contributed by atoms with Gasteiger partial charge in [0, 0.05) is 6.42 Å². The fourth-order valence-corrected chi connectivity index (χ4v) is 10.4. The van der Waals surface area contributed by atoms with Crippen molar-refractivity contribution in [1.29, 1.82) is 0 Å². The van der Waals surface area contributed by atoms with Crippen LogP contribution in [-0.4, -0.2) is 64.5 Å². The molecule has 3 saturated carbocycles. The predicted molar refractivity (Wildman–Crippen MR) is 163 cm³/mol. The van der Waals surface area contributed by atoms with Gasteiger partial charge in [0.25, 0.3) is 0 Å². The number of hydrogen-bond donors (Lipinski definition) is 2. The summed E-state index contributed by atoms with van der Waals surface area (Å²) in [5.74, 6) is 0.221. The zero-order valence-electron chi connectivity index (χ0n) is 25.9. The topological polar surface area (TPSA) is 43.7 Å². The monoisotopic (exact) mass is 631 g/mol. The molecule has 0 amide bonds. The molecular weight excluding hydrogens is 581 g/mol. The molecule has 0 radical (unpaired) electrons. The molecule has 9 heteroatoms. The number of unbranched alkanes of at least 4 members (excludes halogenated alkanes) is 2. The van der Waals surface area contributed by atoms with E-state index in [4.69, 9.17) is 0 Å². The number of nitrogens with zero attached hydrogens (tertiary/aromatic N) is 1. The number of thioether (sulfide) groups is 1. The number of halogens is 5. The molecule has 1 aromatic rings. The number of aliphatic hydroxyl groups is 1. The molecule has 0 aliphatic heterocycles. The summed E-state index contributed by atoms with van der Waals surface area (Å²) in [5, 5.41) is 21.9. The van der Waals surface area contributed by atoms with Crippen LogP contribution in [0.15, 0.2) is 18.2 Å². The van der Waals surface area contributed by atoms with E-state index in [1.54, 1.807) is 0 Å². The van der Waals surface area contributed by atoms with Crippen LogP contribution in [0.4, 0.5) is 22.0 Å². The van der Waals surface area contributed by atoms with Gasteiger partial charge in [0.2, 0.25) is 0 Å². The van der Waals surface area contributed by atoms with Crippen LogP contribution in [0.1, 0.15) is 95.1 Å². The first-order valence-corrected chi connectivity index (χ1v) is 17.6. The quantitative estimate of drug-likeness (QED) is 0.159. The molecule has 0 saturated heterocycles. The van der Waals surface area contributed by atoms with Crippen LogP contribution < -0.4 is 0 Å². The minimum absolute atomic E-state index is 0.0103. The normalized spacial score (nSPS) is 34.9. The van der Waals surface area contributed by atoms with Crippen molar-refractivity contribution in [3.05, 3.63) is 29.3 Å². The Morgan fingerprint density at radius 3 is 2.47 bits per heavy atom. The van der Waals surface area contributed by atoms with Gasteiger partial charge in [-0.05, 0) is 154 Å². The molecule has 8 atom stereocenters. The lowest BCUT2D eigenvalue weighted by molar-refractivity contribution is -0.284. The molecule has 0 bridgehead atoms. The van der Waals surface area contributed by atoms with Gasteiger partial charge in [0.1, 0.15) is 5.75 Å². The molecule has 5 rings (SSSR count). The number of benzene rings is 1. The van der Waals surface area contributed by atoms with Gasteiger partial charge in [-0.15, -0.1) is 0 Å². The van der Waals surface area contributed by atoms with Crippen molar-refractivity contribution < 1.29 is 32.2 Å². The second-order valence-electron chi connectivity index (χ2n) is 14.6. The first kappa shape index (κ1) is 33.3. The Bertz CT molecular complexity index is 1110. The first-order chi connectivity index (χ1) is 20.2. The van der Waals surface area contributed by atoms with E-state index in [2.05, 4.69) is 31.9 Å². The number of phenols is 1. The fraction of sp³-hybridized carbons (Fsp3) is 0.824. The number of alkyl halides is 5. The molecule has 0 aromatic heterocycles. The lowest BCUT2D eigenvalue weighted by Crippen LogP contribution is -2.53. The Kier molecular flexibility index (Phi) is 9.77. The summed E-state index contributed by atoms with van der Waals surface area (Å²) < 4.78 is 62.7. The van der Waals surface area contributed by atoms with Crippen LogP contribution in [0.3, 0.4) is 0 Å². The van der Waals surface area contributed by atoms with E-state index in [1.165, 1.54) is 42.2 Å². The van der Waals surface area contributed by atoms with E-state index in [-0.39, 0.29) is 11.8 Å². The van der Waals surface area contributed by atoms with Gasteiger partial charge < -0.3 is 15.1 Å². The minimum atomic E-state index is -5.45. The van der Waals surface area contributed by atoms with Gasteiger partial charge >= 0.3 is 12.1 Å². The molecule has 0 spiro atoms. The fourth-order valence-electron chi connectivity index (χ4n) is 9.50. The predicted octanol–water partition coefficient (Wildman–Crippen LogP) is 8.67. The molecule has 4 aliphatic carbocycles. The highest BCUT2D eigenvalue weighted by atomic mass is 32.2. The zero-order chi connectivity index (χ0) is 31.2. The third-order valence-electron chi connectivity index (χ3n) is 12.0. The maximum Gasteiger partial charge on any atom is 0.453 e. The summed E-state index contributed by atoms with van der Waals surface area (Å²) in [6, 6.07) is 6.01. The molecule has 3 fully saturated rings. The maximum absolute atomic E-state index is 13.0. The van der Waals surface area contributed by atoms with Crippen LogP contribution in [0, 0.1) is 35.0 Å². The average molecular weight is 632 g/mol. The first-order valence-electron chi connectivity index (χ1n) is 16.4. The molecule has 3 nitrogen and oxygen atoms in total. The minimum Gasteiger partial charge on any atom is -0.508 e. The largest absolute Gasteiger partial charge is 0.508 e. The van der Waals surface area contributed by atoms with Gasteiger partial charge in [-0.25, -0.2) is 0 Å². The molecule has 2 N–H and O–H groups in total. The van der Waals surface area contributed by atoms with Crippen molar-refractivity contribution in [1.82, 2.24) is 4.90 Å². The van der Waals surface area contributed by atoms with E-state index < -0.39 is 24.1 Å². The van der Waals surface area contributed by atoms with Gasteiger partial charge in [-0.1, -0.05) is 25.8 Å². The van der Waals surface area contributed by atoms with Crippen molar-refractivity contribution in [3.8, 4) is 5.75 Å². The van der Waals surface area contributed by atoms with Crippen LogP contribution >= 0.6 is 11.8 Å². The summed E-state index contributed by atoms with van der Waals surface area (Å²) in [6.07, 6.45) is 3.14. The van der Waals surface area contributed by atoms with E-state index >= 15 is 0 Å². The van der Waals surface area contributed by atoms with Crippen molar-refractivity contribution >= 4 is 11.8 Å². The average Bonchev–Trinajstić information content (AvgIpc) is 3.69. The third-order valence-corrected chi connectivity index (χ3v) is 13.1. The van der Waals surface area contributed by atoms with E-state index in [9.17, 15) is 32.2 Å². The van der Waals surface area contributed by atoms with Crippen molar-refractivity contribution in [2.75, 3.05) is 31.6 Å². The van der Waals surface area contributed by atoms with Gasteiger partial charge in [0.15, 0.2) is 0 Å². The summed E-state index contributed by atoms with van der Waals surface area (Å²) >= 11 is 1.45. The lowest BCUT2D eigenvalue weighted by Gasteiger charge is -2.56. The zero-order valence-corrected chi connectivity index (χ0v) is 26.8. The van der Waals surface area contributed by atoms with Crippen molar-refractivity contribution in [3.63, 3.8) is 0 Å². The summed E-state index contributed by atoms with van der Waals surface area (Å²) in [5.41, 5.74) is 2.17. The second kappa shape index (κ2) is 12.6. The molecule has 0 unspecified atom stereocenters. The molecular formula is C34H50F5NO2S. The smallest absolute Gasteiger partial charge is 0.453 e. The highest BCUT2D eigenvalue weighted by Crippen LogP contribution is 2.76. The van der Waals surface area contributed by atoms with Crippen molar-refractivity contribution in [2.24, 2.45) is 35.0 Å². The number of aromatic hydroxyl groups is 1. The maximum atomic E-state index is 13.0. The Morgan fingerprint density at radius 1 is 1.00 bits per heavy atom. The second-order valence-corrected chi connectivity index (χ2v) is 15.8. The van der Waals surface area contributed by atoms with Crippen LogP contribution in [0.25, 0.3) is 0 Å². The molecule has 1 aromatic carbocycles. The molecule has 43 heavy (non-hydrogen) atoms. The highest BCUT2D eigenvalue weighted by molar-refractivity contribution is 7.99. The highest BCUT2D eigenvalue weighted by Gasteiger charge is 2.74. The molecule has 0 heterocycles. The standard InChI is InChI=1S/C34H50F5NO2S/c1-31-14-12-26-25-11-10-24(41)20-23(25)19-22(29(26)30(31)27-21-28(27)32(31,2)42)9-5-4-6-15-40(3)16-8-18-43-17-7-13-33(35,36)34(37,38)39/h10-11,20,22,26-30,41-42H,4-9,12-19,21H2,1-3H3/t22-,26-,27-,28+,29-,30+,31+,32+/m1/s1. The van der Waals surface area contributed by atoms with Crippen molar-refractivity contribution in [2.45, 2.75) is 108 Å². The van der Waals surface area contributed by atoms with Crippen LogP contribution in [0.5, 0.6) is 5.75 Å². The van der Waals surface area contributed by atoms with E-state index in [1.807, 2.05) is 12.1 Å². The Balaban J connectivity index is 1.05. The number of rotatable bonds is 14. The number of fused-ring (bicyclic) bond motifs is 7. The van der Waals surface area contributed by atoms with Crippen LogP contribution in [0.2, 0.25) is 0 Å². The SMILES string of the molecule is CN(CCCCC[C@@H]1Cc2cc(O)ccc2[C@H]2CC[C@@]3(C)[C@@H]([C@@H]4C[C@@H]4[C@]3(C)O)[C@H]12)CCCSCCCC(F)(F)C(F)(F)F. The molecule has 244 valence electrons. The van der Waals surface area contributed by atoms with E-state index in [0.29, 0.717) is 47.0 Å². The van der Waals surface area contributed by atoms with Gasteiger partial charge in [0.05, 0.1) is 5.60 Å². The Labute approximate surface area is 258 Å². The Morgan fingerprint density at radius 2 is 1.72 bits per heavy atom. The summed E-state index contributed by atoms with van der Waals surface area (Å²) in [6.45, 7) is 6.35. The number of phenolic OH excluding ortho intramolecular Hbond substituents is 1. The lowest BCUT2D eigenvalue weighted by atomic mass is 9.49. The van der Waals surface area contributed by atoms with E-state index in [0.717, 1.165) is 57.4 Å². The third kappa shape index (κ3) is 6.61. The number of hydrogen-bond acceptors (Lipinski definition) is 4. The summed E-state index contributed by atoms with van der Waals surface area (Å²) in [4.78, 5) is 2.29. The van der Waals surface area contributed by atoms with Gasteiger partial charge in [-0.3, -0.25) is 0 Å². The van der Waals surface area contributed by atoms with Gasteiger partial charge in [-0.2, -0.15) is 33.7 Å². The Hall–Kier alpha value is -1.06.